The fraction of sp³-hybridized carbons (Fsp3) is 1.00. The van der Waals surface area contributed by atoms with E-state index >= 15 is 0 Å². The number of nitrogens with zero attached hydrogens (tertiary/aromatic N) is 1. The molecule has 96 valence electrons. The Morgan fingerprint density at radius 2 is 1.94 bits per heavy atom. The van der Waals surface area contributed by atoms with Gasteiger partial charge in [-0.1, -0.05) is 0 Å². The third-order valence-electron chi connectivity index (χ3n) is 3.42. The van der Waals surface area contributed by atoms with Crippen LogP contribution in [-0.2, 0) is 0 Å². The van der Waals surface area contributed by atoms with Crippen LogP contribution in [0.3, 0.4) is 0 Å². The first-order valence-corrected chi connectivity index (χ1v) is 6.57. The zero-order valence-corrected chi connectivity index (χ0v) is 11.6. The third-order valence-corrected chi connectivity index (χ3v) is 3.42. The molecule has 1 heterocycles. The number of piperidine rings is 1. The van der Waals surface area contributed by atoms with Crippen molar-refractivity contribution < 1.29 is 0 Å². The summed E-state index contributed by atoms with van der Waals surface area (Å²) in [5, 5.41) is 7.16. The first-order chi connectivity index (χ1) is 7.38. The fourth-order valence-electron chi connectivity index (χ4n) is 2.19. The van der Waals surface area contributed by atoms with Gasteiger partial charge in [-0.2, -0.15) is 0 Å². The summed E-state index contributed by atoms with van der Waals surface area (Å²) in [5.74, 6) is 0. The zero-order chi connectivity index (χ0) is 12.2. The third kappa shape index (κ3) is 5.28. The van der Waals surface area contributed by atoms with Gasteiger partial charge in [0.1, 0.15) is 0 Å². The highest BCUT2D eigenvalue weighted by molar-refractivity contribution is 4.81. The Hall–Kier alpha value is -0.120. The van der Waals surface area contributed by atoms with Gasteiger partial charge in [0.25, 0.3) is 0 Å². The van der Waals surface area contributed by atoms with E-state index in [1.165, 1.54) is 19.4 Å². The molecule has 2 atom stereocenters. The number of hydrogen-bond acceptors (Lipinski definition) is 3. The summed E-state index contributed by atoms with van der Waals surface area (Å²) in [7, 11) is 2.22. The average Bonchev–Trinajstić information content (AvgIpc) is 2.17. The van der Waals surface area contributed by atoms with Crippen molar-refractivity contribution >= 4 is 0 Å². The fourth-order valence-corrected chi connectivity index (χ4v) is 2.19. The van der Waals surface area contributed by atoms with Crippen molar-refractivity contribution in [1.82, 2.24) is 15.5 Å². The zero-order valence-electron chi connectivity index (χ0n) is 11.6. The average molecular weight is 227 g/mol. The molecule has 2 unspecified atom stereocenters. The molecule has 0 aliphatic carbocycles. The quantitative estimate of drug-likeness (QED) is 0.712. The summed E-state index contributed by atoms with van der Waals surface area (Å²) in [4.78, 5) is 2.45. The molecule has 1 aliphatic heterocycles. The van der Waals surface area contributed by atoms with E-state index in [-0.39, 0.29) is 5.54 Å². The van der Waals surface area contributed by atoms with Gasteiger partial charge in [0.2, 0.25) is 0 Å². The maximum Gasteiger partial charge on any atom is 0.00970 e. The summed E-state index contributed by atoms with van der Waals surface area (Å²) in [6, 6.07) is 1.44. The van der Waals surface area contributed by atoms with Gasteiger partial charge in [0, 0.05) is 30.7 Å². The van der Waals surface area contributed by atoms with Crippen LogP contribution in [0.1, 0.15) is 40.5 Å². The van der Waals surface area contributed by atoms with Gasteiger partial charge in [0.15, 0.2) is 0 Å². The first-order valence-electron chi connectivity index (χ1n) is 6.57. The van der Waals surface area contributed by atoms with Gasteiger partial charge in [-0.3, -0.25) is 0 Å². The molecule has 16 heavy (non-hydrogen) atoms. The Morgan fingerprint density at radius 3 is 2.50 bits per heavy atom. The molecule has 0 radical (unpaired) electrons. The Bertz CT molecular complexity index is 198. The van der Waals surface area contributed by atoms with Crippen LogP contribution in [0.4, 0.5) is 0 Å². The molecule has 0 aromatic rings. The monoisotopic (exact) mass is 227 g/mol. The van der Waals surface area contributed by atoms with Crippen LogP contribution in [0.2, 0.25) is 0 Å². The SMILES string of the molecule is CC1CC(NCCNC(C)(C)C)CCN1C. The van der Waals surface area contributed by atoms with Crippen molar-refractivity contribution in [2.24, 2.45) is 0 Å². The van der Waals surface area contributed by atoms with Crippen LogP contribution in [0.5, 0.6) is 0 Å². The lowest BCUT2D eigenvalue weighted by Gasteiger charge is -2.35. The van der Waals surface area contributed by atoms with Crippen molar-refractivity contribution in [2.75, 3.05) is 26.7 Å². The smallest absolute Gasteiger partial charge is 0.00970 e. The van der Waals surface area contributed by atoms with Crippen molar-refractivity contribution in [2.45, 2.75) is 58.2 Å². The minimum absolute atomic E-state index is 0.238. The lowest BCUT2D eigenvalue weighted by Crippen LogP contribution is -2.48. The van der Waals surface area contributed by atoms with Crippen LogP contribution in [0.15, 0.2) is 0 Å². The molecule has 0 bridgehead atoms. The van der Waals surface area contributed by atoms with E-state index in [1.54, 1.807) is 0 Å². The second-order valence-electron chi connectivity index (χ2n) is 6.18. The van der Waals surface area contributed by atoms with Crippen molar-refractivity contribution in [3.63, 3.8) is 0 Å². The number of likely N-dealkylation sites (tertiary alicyclic amines) is 1. The molecule has 2 N–H and O–H groups in total. The van der Waals surface area contributed by atoms with E-state index < -0.39 is 0 Å². The minimum Gasteiger partial charge on any atom is -0.313 e. The summed E-state index contributed by atoms with van der Waals surface area (Å²) in [6.45, 7) is 12.3. The number of rotatable bonds is 4. The van der Waals surface area contributed by atoms with Gasteiger partial charge in [-0.25, -0.2) is 0 Å². The summed E-state index contributed by atoms with van der Waals surface area (Å²) in [5.41, 5.74) is 0.238. The lowest BCUT2D eigenvalue weighted by atomic mass is 9.99. The highest BCUT2D eigenvalue weighted by Gasteiger charge is 2.21. The molecule has 1 saturated heterocycles. The summed E-state index contributed by atoms with van der Waals surface area (Å²) >= 11 is 0. The second-order valence-corrected chi connectivity index (χ2v) is 6.18. The predicted octanol–water partition coefficient (Wildman–Crippen LogP) is 1.45. The van der Waals surface area contributed by atoms with Crippen LogP contribution < -0.4 is 10.6 Å². The summed E-state index contributed by atoms with van der Waals surface area (Å²) in [6.07, 6.45) is 2.57. The van der Waals surface area contributed by atoms with Crippen molar-refractivity contribution in [1.29, 1.82) is 0 Å². The molecule has 1 aliphatic rings. The first kappa shape index (κ1) is 13.9. The Labute approximate surface area is 101 Å². The largest absolute Gasteiger partial charge is 0.313 e. The molecule has 1 fully saturated rings. The normalized spacial score (nSPS) is 28.3. The topological polar surface area (TPSA) is 27.3 Å². The molecule has 0 amide bonds. The van der Waals surface area contributed by atoms with Gasteiger partial charge in [0.05, 0.1) is 0 Å². The molecular weight excluding hydrogens is 198 g/mol. The molecule has 0 spiro atoms. The molecule has 0 aromatic carbocycles. The Kier molecular flexibility index (Phi) is 5.22. The Balaban J connectivity index is 2.10. The van der Waals surface area contributed by atoms with E-state index in [2.05, 4.69) is 50.3 Å². The second kappa shape index (κ2) is 5.99. The number of hydrogen-bond donors (Lipinski definition) is 2. The van der Waals surface area contributed by atoms with Crippen LogP contribution >= 0.6 is 0 Å². The van der Waals surface area contributed by atoms with Crippen LogP contribution in [0.25, 0.3) is 0 Å². The molecular formula is C13H29N3. The molecule has 3 nitrogen and oxygen atoms in total. The Morgan fingerprint density at radius 1 is 1.25 bits per heavy atom. The summed E-state index contributed by atoms with van der Waals surface area (Å²) < 4.78 is 0. The molecule has 0 saturated carbocycles. The van der Waals surface area contributed by atoms with Crippen molar-refractivity contribution in [3.8, 4) is 0 Å². The molecule has 0 aromatic heterocycles. The van der Waals surface area contributed by atoms with E-state index in [9.17, 15) is 0 Å². The van der Waals surface area contributed by atoms with E-state index in [0.29, 0.717) is 6.04 Å². The van der Waals surface area contributed by atoms with Gasteiger partial charge in [-0.15, -0.1) is 0 Å². The highest BCUT2D eigenvalue weighted by atomic mass is 15.1. The number of nitrogens with one attached hydrogen (secondary N) is 2. The maximum atomic E-state index is 3.66. The van der Waals surface area contributed by atoms with Crippen LogP contribution in [-0.4, -0.2) is 49.2 Å². The maximum absolute atomic E-state index is 3.66. The standard InChI is InChI=1S/C13H29N3/c1-11-10-12(6-9-16(11)5)14-7-8-15-13(2,3)4/h11-12,14-15H,6-10H2,1-5H3. The van der Waals surface area contributed by atoms with Crippen LogP contribution in [0, 0.1) is 0 Å². The molecule has 1 rings (SSSR count). The van der Waals surface area contributed by atoms with Gasteiger partial charge in [-0.05, 0) is 54.1 Å². The lowest BCUT2D eigenvalue weighted by molar-refractivity contribution is 0.168. The van der Waals surface area contributed by atoms with Crippen molar-refractivity contribution in [3.05, 3.63) is 0 Å². The minimum atomic E-state index is 0.238. The van der Waals surface area contributed by atoms with Gasteiger partial charge >= 0.3 is 0 Å². The predicted molar refractivity (Wildman–Crippen MR) is 70.9 cm³/mol. The van der Waals surface area contributed by atoms with Gasteiger partial charge < -0.3 is 15.5 Å². The van der Waals surface area contributed by atoms with E-state index in [1.807, 2.05) is 0 Å². The molecule has 3 heteroatoms. The highest BCUT2D eigenvalue weighted by Crippen LogP contribution is 2.14. The van der Waals surface area contributed by atoms with E-state index in [0.717, 1.165) is 19.1 Å². The van der Waals surface area contributed by atoms with E-state index in [4.69, 9.17) is 0 Å².